The van der Waals surface area contributed by atoms with Gasteiger partial charge in [0.1, 0.15) is 0 Å². The van der Waals surface area contributed by atoms with Crippen LogP contribution in [0.4, 0.5) is 0 Å². The van der Waals surface area contributed by atoms with Crippen molar-refractivity contribution in [2.24, 2.45) is 5.92 Å². The highest BCUT2D eigenvalue weighted by Gasteiger charge is 2.07. The highest BCUT2D eigenvalue weighted by molar-refractivity contribution is 5.15. The van der Waals surface area contributed by atoms with Crippen molar-refractivity contribution in [1.82, 2.24) is 0 Å². The van der Waals surface area contributed by atoms with Crippen molar-refractivity contribution in [2.75, 3.05) is 6.61 Å². The van der Waals surface area contributed by atoms with Crippen LogP contribution in [-0.2, 0) is 6.42 Å². The number of rotatable bonds is 7. The monoisotopic (exact) mass is 206 g/mol. The standard InChI is InChI=1S/C14H22O/c1-2-3-5-10-14(12-15)11-13-8-6-4-7-9-13/h4,6-9,14-15H,2-3,5,10-12H2,1H3. The van der Waals surface area contributed by atoms with E-state index in [2.05, 4.69) is 31.2 Å². The first-order valence-electron chi connectivity index (χ1n) is 6.01. The van der Waals surface area contributed by atoms with Crippen LogP contribution in [0.1, 0.15) is 38.2 Å². The second-order valence-electron chi connectivity index (χ2n) is 4.23. The van der Waals surface area contributed by atoms with Gasteiger partial charge in [0.2, 0.25) is 0 Å². The third-order valence-electron chi connectivity index (χ3n) is 2.84. The largest absolute Gasteiger partial charge is 0.396 e. The van der Waals surface area contributed by atoms with E-state index in [0.717, 1.165) is 12.8 Å². The minimum absolute atomic E-state index is 0.318. The third-order valence-corrected chi connectivity index (χ3v) is 2.84. The summed E-state index contributed by atoms with van der Waals surface area (Å²) in [5.41, 5.74) is 1.34. The molecule has 0 saturated heterocycles. The van der Waals surface area contributed by atoms with Gasteiger partial charge in [-0.05, 0) is 24.3 Å². The van der Waals surface area contributed by atoms with Gasteiger partial charge in [0.15, 0.2) is 0 Å². The summed E-state index contributed by atoms with van der Waals surface area (Å²) >= 11 is 0. The lowest BCUT2D eigenvalue weighted by molar-refractivity contribution is 0.215. The molecule has 0 aliphatic carbocycles. The van der Waals surface area contributed by atoms with Gasteiger partial charge in [-0.15, -0.1) is 0 Å². The fourth-order valence-corrected chi connectivity index (χ4v) is 1.89. The van der Waals surface area contributed by atoms with E-state index < -0.39 is 0 Å². The fourth-order valence-electron chi connectivity index (χ4n) is 1.89. The maximum atomic E-state index is 9.29. The Hall–Kier alpha value is -0.820. The lowest BCUT2D eigenvalue weighted by Gasteiger charge is -2.13. The summed E-state index contributed by atoms with van der Waals surface area (Å²) in [5, 5.41) is 9.29. The Balaban J connectivity index is 2.33. The van der Waals surface area contributed by atoms with E-state index in [1.54, 1.807) is 0 Å². The molecule has 0 heterocycles. The number of aliphatic hydroxyl groups is 1. The predicted molar refractivity (Wildman–Crippen MR) is 64.9 cm³/mol. The lowest BCUT2D eigenvalue weighted by Crippen LogP contribution is -2.09. The molecule has 0 amide bonds. The normalized spacial score (nSPS) is 12.7. The molecule has 0 aliphatic heterocycles. The molecule has 1 aromatic rings. The molecule has 1 atom stereocenters. The Morgan fingerprint density at radius 1 is 1.13 bits per heavy atom. The maximum Gasteiger partial charge on any atom is 0.0462 e. The van der Waals surface area contributed by atoms with Crippen molar-refractivity contribution < 1.29 is 5.11 Å². The molecule has 0 aliphatic rings. The second-order valence-corrected chi connectivity index (χ2v) is 4.23. The number of benzene rings is 1. The van der Waals surface area contributed by atoms with Crippen molar-refractivity contribution >= 4 is 0 Å². The van der Waals surface area contributed by atoms with Crippen LogP contribution in [-0.4, -0.2) is 11.7 Å². The zero-order chi connectivity index (χ0) is 10.9. The van der Waals surface area contributed by atoms with E-state index in [1.165, 1.54) is 24.8 Å². The van der Waals surface area contributed by atoms with E-state index >= 15 is 0 Å². The van der Waals surface area contributed by atoms with Crippen molar-refractivity contribution in [1.29, 1.82) is 0 Å². The summed E-state index contributed by atoms with van der Waals surface area (Å²) in [7, 11) is 0. The van der Waals surface area contributed by atoms with Gasteiger partial charge in [-0.1, -0.05) is 56.5 Å². The fraction of sp³-hybridized carbons (Fsp3) is 0.571. The summed E-state index contributed by atoms with van der Waals surface area (Å²) in [4.78, 5) is 0. The van der Waals surface area contributed by atoms with Gasteiger partial charge in [-0.3, -0.25) is 0 Å². The SMILES string of the molecule is CCCCCC(CO)Cc1ccccc1. The van der Waals surface area contributed by atoms with Crippen LogP contribution in [0.15, 0.2) is 30.3 Å². The molecule has 84 valence electrons. The molecule has 0 fully saturated rings. The molecule has 1 heteroatoms. The van der Waals surface area contributed by atoms with E-state index in [4.69, 9.17) is 0 Å². The van der Waals surface area contributed by atoms with Crippen LogP contribution in [0.25, 0.3) is 0 Å². The molecule has 0 saturated carbocycles. The molecule has 1 nitrogen and oxygen atoms in total. The van der Waals surface area contributed by atoms with Crippen molar-refractivity contribution in [3.63, 3.8) is 0 Å². The minimum Gasteiger partial charge on any atom is -0.396 e. The summed E-state index contributed by atoms with van der Waals surface area (Å²) in [6.45, 7) is 2.53. The summed E-state index contributed by atoms with van der Waals surface area (Å²) in [6, 6.07) is 10.4. The molecule has 15 heavy (non-hydrogen) atoms. The highest BCUT2D eigenvalue weighted by atomic mass is 16.3. The first-order chi connectivity index (χ1) is 7.36. The van der Waals surface area contributed by atoms with Crippen LogP contribution in [0.2, 0.25) is 0 Å². The zero-order valence-corrected chi connectivity index (χ0v) is 9.65. The Bertz CT molecular complexity index is 243. The average molecular weight is 206 g/mol. The van der Waals surface area contributed by atoms with E-state index in [-0.39, 0.29) is 0 Å². The van der Waals surface area contributed by atoms with Crippen LogP contribution >= 0.6 is 0 Å². The van der Waals surface area contributed by atoms with E-state index in [0.29, 0.717) is 12.5 Å². The highest BCUT2D eigenvalue weighted by Crippen LogP contribution is 2.15. The Morgan fingerprint density at radius 2 is 1.87 bits per heavy atom. The van der Waals surface area contributed by atoms with Gasteiger partial charge in [0, 0.05) is 6.61 Å². The molecule has 1 aromatic carbocycles. The molecule has 0 aromatic heterocycles. The lowest BCUT2D eigenvalue weighted by atomic mass is 9.94. The molecule has 0 spiro atoms. The minimum atomic E-state index is 0.318. The van der Waals surface area contributed by atoms with Gasteiger partial charge in [0.05, 0.1) is 0 Å². The second kappa shape index (κ2) is 7.47. The average Bonchev–Trinajstić information content (AvgIpc) is 2.29. The molecular weight excluding hydrogens is 184 g/mol. The van der Waals surface area contributed by atoms with Crippen molar-refractivity contribution in [2.45, 2.75) is 39.0 Å². The predicted octanol–water partition coefficient (Wildman–Crippen LogP) is 3.42. The van der Waals surface area contributed by atoms with Gasteiger partial charge in [0.25, 0.3) is 0 Å². The summed E-state index contributed by atoms with van der Waals surface area (Å²) < 4.78 is 0. The number of hydrogen-bond donors (Lipinski definition) is 1. The van der Waals surface area contributed by atoms with Crippen LogP contribution in [0.5, 0.6) is 0 Å². The van der Waals surface area contributed by atoms with Crippen LogP contribution < -0.4 is 0 Å². The number of aliphatic hydroxyl groups excluding tert-OH is 1. The van der Waals surface area contributed by atoms with E-state index in [1.807, 2.05) is 6.07 Å². The third kappa shape index (κ3) is 4.98. The quantitative estimate of drug-likeness (QED) is 0.678. The Kier molecular flexibility index (Phi) is 6.10. The molecule has 1 N–H and O–H groups in total. The molecular formula is C14H22O. The topological polar surface area (TPSA) is 20.2 Å². The Labute approximate surface area is 93.1 Å². The van der Waals surface area contributed by atoms with E-state index in [9.17, 15) is 5.11 Å². The van der Waals surface area contributed by atoms with Gasteiger partial charge >= 0.3 is 0 Å². The van der Waals surface area contributed by atoms with Crippen LogP contribution in [0.3, 0.4) is 0 Å². The zero-order valence-electron chi connectivity index (χ0n) is 9.65. The van der Waals surface area contributed by atoms with Gasteiger partial charge < -0.3 is 5.11 Å². The maximum absolute atomic E-state index is 9.29. The first kappa shape index (κ1) is 12.3. The number of unbranched alkanes of at least 4 members (excludes halogenated alkanes) is 2. The van der Waals surface area contributed by atoms with Crippen molar-refractivity contribution in [3.8, 4) is 0 Å². The van der Waals surface area contributed by atoms with Gasteiger partial charge in [-0.2, -0.15) is 0 Å². The molecule has 1 rings (SSSR count). The smallest absolute Gasteiger partial charge is 0.0462 e. The van der Waals surface area contributed by atoms with Gasteiger partial charge in [-0.25, -0.2) is 0 Å². The molecule has 0 bridgehead atoms. The molecule has 1 unspecified atom stereocenters. The molecule has 0 radical (unpaired) electrons. The first-order valence-corrected chi connectivity index (χ1v) is 6.01. The summed E-state index contributed by atoms with van der Waals surface area (Å²) in [5.74, 6) is 0.443. The number of hydrogen-bond acceptors (Lipinski definition) is 1. The summed E-state index contributed by atoms with van der Waals surface area (Å²) in [6.07, 6.45) is 5.95. The Morgan fingerprint density at radius 3 is 2.47 bits per heavy atom. The van der Waals surface area contributed by atoms with Crippen molar-refractivity contribution in [3.05, 3.63) is 35.9 Å². The van der Waals surface area contributed by atoms with Crippen LogP contribution in [0, 0.1) is 5.92 Å².